The largest absolute Gasteiger partial charge is 0.495 e. The Hall–Kier alpha value is -2.78. The molecule has 2 aromatic carbocycles. The fourth-order valence-electron chi connectivity index (χ4n) is 3.83. The first kappa shape index (κ1) is 24.9. The van der Waals surface area contributed by atoms with Gasteiger partial charge in [-0.3, -0.25) is 9.10 Å². The van der Waals surface area contributed by atoms with E-state index in [1.54, 1.807) is 47.4 Å². The van der Waals surface area contributed by atoms with Crippen LogP contribution in [0.4, 0.5) is 5.69 Å². The van der Waals surface area contributed by atoms with Crippen molar-refractivity contribution in [2.45, 2.75) is 25.7 Å². The number of sulfonamides is 1. The highest BCUT2D eigenvalue weighted by Gasteiger charge is 2.32. The average molecular weight is 476 g/mol. The smallest absolute Gasteiger partial charge is 0.268 e. The standard InChI is InChI=1S/C24H33N3O5S/c1-5-25-13-15-26(16-14-25)24(28)18-27(20-8-10-21(11-9-20)32-6-2)33(29,30)23-17-19(3)7-12-22(23)31-4/h7-12,17H,5-6,13-16,18H2,1-4H3. The second-order valence-corrected chi connectivity index (χ2v) is 9.74. The SMILES string of the molecule is CCOc1ccc(N(CC(=O)N2CCN(CC)CC2)S(=O)(=O)c2cc(C)ccc2OC)cc1. The number of aryl methyl sites for hydroxylation is 1. The van der Waals surface area contributed by atoms with Gasteiger partial charge >= 0.3 is 0 Å². The molecule has 0 saturated carbocycles. The van der Waals surface area contributed by atoms with E-state index in [-0.39, 0.29) is 23.1 Å². The maximum Gasteiger partial charge on any atom is 0.268 e. The molecule has 0 bridgehead atoms. The van der Waals surface area contributed by atoms with Crippen LogP contribution in [0.2, 0.25) is 0 Å². The van der Waals surface area contributed by atoms with Crippen LogP contribution in [-0.4, -0.2) is 77.1 Å². The third kappa shape index (κ3) is 5.78. The van der Waals surface area contributed by atoms with Crippen molar-refractivity contribution in [2.24, 2.45) is 0 Å². The highest BCUT2D eigenvalue weighted by atomic mass is 32.2. The van der Waals surface area contributed by atoms with Crippen LogP contribution in [0.3, 0.4) is 0 Å². The molecule has 9 heteroatoms. The molecule has 1 aliphatic rings. The topological polar surface area (TPSA) is 79.4 Å². The first-order valence-electron chi connectivity index (χ1n) is 11.2. The fraction of sp³-hybridized carbons (Fsp3) is 0.458. The molecule has 8 nitrogen and oxygen atoms in total. The summed E-state index contributed by atoms with van der Waals surface area (Å²) < 4.78 is 39.7. The molecule has 0 unspecified atom stereocenters. The first-order chi connectivity index (χ1) is 15.8. The molecule has 1 aliphatic heterocycles. The van der Waals surface area contributed by atoms with Crippen molar-refractivity contribution in [3.63, 3.8) is 0 Å². The van der Waals surface area contributed by atoms with E-state index in [0.717, 1.165) is 29.5 Å². The van der Waals surface area contributed by atoms with Crippen LogP contribution in [0.5, 0.6) is 11.5 Å². The molecule has 0 aromatic heterocycles. The predicted octanol–water partition coefficient (Wildman–Crippen LogP) is 2.76. The van der Waals surface area contributed by atoms with Gasteiger partial charge in [-0.05, 0) is 62.4 Å². The zero-order valence-corrected chi connectivity index (χ0v) is 20.6. The van der Waals surface area contributed by atoms with Crippen LogP contribution in [0.1, 0.15) is 19.4 Å². The number of likely N-dealkylation sites (N-methyl/N-ethyl adjacent to an activating group) is 1. The van der Waals surface area contributed by atoms with Crippen LogP contribution >= 0.6 is 0 Å². The van der Waals surface area contributed by atoms with Gasteiger partial charge in [0.05, 0.1) is 19.4 Å². The minimum atomic E-state index is -4.08. The molecule has 180 valence electrons. The van der Waals surface area contributed by atoms with E-state index >= 15 is 0 Å². The Labute approximate surface area is 196 Å². The van der Waals surface area contributed by atoms with Gasteiger partial charge in [0, 0.05) is 26.2 Å². The molecule has 1 heterocycles. The van der Waals surface area contributed by atoms with Crippen molar-refractivity contribution in [1.29, 1.82) is 0 Å². The Morgan fingerprint density at radius 1 is 1.03 bits per heavy atom. The summed E-state index contributed by atoms with van der Waals surface area (Å²) in [4.78, 5) is 17.2. The van der Waals surface area contributed by atoms with Crippen molar-refractivity contribution in [2.75, 3.05) is 57.3 Å². The van der Waals surface area contributed by atoms with Gasteiger partial charge < -0.3 is 19.3 Å². The number of amides is 1. The summed E-state index contributed by atoms with van der Waals surface area (Å²) in [6.45, 7) is 9.66. The Balaban J connectivity index is 1.97. The molecule has 0 atom stereocenters. The first-order valence-corrected chi connectivity index (χ1v) is 12.6. The maximum atomic E-state index is 13.8. The normalized spacial score (nSPS) is 14.7. The zero-order chi connectivity index (χ0) is 24.0. The summed E-state index contributed by atoms with van der Waals surface area (Å²) in [7, 11) is -2.65. The lowest BCUT2D eigenvalue weighted by atomic mass is 10.2. The second kappa shape index (κ2) is 10.9. The molecule has 1 saturated heterocycles. The van der Waals surface area contributed by atoms with Gasteiger partial charge in [-0.2, -0.15) is 0 Å². The molecule has 1 fully saturated rings. The molecule has 1 amide bonds. The number of ether oxygens (including phenoxy) is 2. The Morgan fingerprint density at radius 3 is 2.27 bits per heavy atom. The Morgan fingerprint density at radius 2 is 1.70 bits per heavy atom. The van der Waals surface area contributed by atoms with E-state index in [2.05, 4.69) is 11.8 Å². The number of carbonyl (C=O) groups excluding carboxylic acids is 1. The zero-order valence-electron chi connectivity index (χ0n) is 19.8. The number of piperazine rings is 1. The number of methoxy groups -OCH3 is 1. The van der Waals surface area contributed by atoms with E-state index in [9.17, 15) is 13.2 Å². The van der Waals surface area contributed by atoms with E-state index in [0.29, 0.717) is 31.1 Å². The van der Waals surface area contributed by atoms with Crippen LogP contribution in [0, 0.1) is 6.92 Å². The molecule has 3 rings (SSSR count). The maximum absolute atomic E-state index is 13.8. The summed E-state index contributed by atoms with van der Waals surface area (Å²) in [5.41, 5.74) is 1.17. The second-order valence-electron chi connectivity index (χ2n) is 7.91. The van der Waals surface area contributed by atoms with Gasteiger partial charge in [0.15, 0.2) is 0 Å². The number of benzene rings is 2. The number of hydrogen-bond donors (Lipinski definition) is 0. The van der Waals surface area contributed by atoms with Crippen molar-refractivity contribution in [3.05, 3.63) is 48.0 Å². The monoisotopic (exact) mass is 475 g/mol. The van der Waals surface area contributed by atoms with Gasteiger partial charge in [0.2, 0.25) is 5.91 Å². The number of hydrogen-bond acceptors (Lipinski definition) is 6. The van der Waals surface area contributed by atoms with E-state index in [1.807, 2.05) is 13.8 Å². The van der Waals surface area contributed by atoms with Gasteiger partial charge in [0.25, 0.3) is 10.0 Å². The predicted molar refractivity (Wildman–Crippen MR) is 129 cm³/mol. The molecule has 33 heavy (non-hydrogen) atoms. The third-order valence-electron chi connectivity index (χ3n) is 5.77. The molecular weight excluding hydrogens is 442 g/mol. The fourth-order valence-corrected chi connectivity index (χ4v) is 5.49. The van der Waals surface area contributed by atoms with Gasteiger partial charge in [-0.25, -0.2) is 8.42 Å². The lowest BCUT2D eigenvalue weighted by molar-refractivity contribution is -0.131. The molecule has 2 aromatic rings. The van der Waals surface area contributed by atoms with Gasteiger partial charge in [-0.15, -0.1) is 0 Å². The summed E-state index contributed by atoms with van der Waals surface area (Å²) in [6.07, 6.45) is 0. The van der Waals surface area contributed by atoms with Crippen molar-refractivity contribution in [3.8, 4) is 11.5 Å². The molecule has 0 N–H and O–H groups in total. The van der Waals surface area contributed by atoms with Crippen LogP contribution in [0.15, 0.2) is 47.4 Å². The summed E-state index contributed by atoms with van der Waals surface area (Å²) >= 11 is 0. The lowest BCUT2D eigenvalue weighted by Crippen LogP contribution is -2.51. The summed E-state index contributed by atoms with van der Waals surface area (Å²) in [6, 6.07) is 11.7. The van der Waals surface area contributed by atoms with Gasteiger partial charge in [-0.1, -0.05) is 13.0 Å². The third-order valence-corrected chi connectivity index (χ3v) is 7.57. The molecule has 0 aliphatic carbocycles. The average Bonchev–Trinajstić information content (AvgIpc) is 2.83. The van der Waals surface area contributed by atoms with E-state index in [1.165, 1.54) is 7.11 Å². The highest BCUT2D eigenvalue weighted by molar-refractivity contribution is 7.93. The Bertz CT molecular complexity index is 1050. The number of nitrogens with zero attached hydrogens (tertiary/aromatic N) is 3. The lowest BCUT2D eigenvalue weighted by Gasteiger charge is -2.35. The molecular formula is C24H33N3O5S. The summed E-state index contributed by atoms with van der Waals surface area (Å²) in [5.74, 6) is 0.643. The van der Waals surface area contributed by atoms with Crippen LogP contribution in [-0.2, 0) is 14.8 Å². The van der Waals surface area contributed by atoms with Crippen molar-refractivity contribution >= 4 is 21.6 Å². The van der Waals surface area contributed by atoms with Crippen molar-refractivity contribution < 1.29 is 22.7 Å². The van der Waals surface area contributed by atoms with E-state index < -0.39 is 10.0 Å². The highest BCUT2D eigenvalue weighted by Crippen LogP contribution is 2.31. The minimum absolute atomic E-state index is 0.0301. The number of rotatable bonds is 9. The Kier molecular flexibility index (Phi) is 8.20. The minimum Gasteiger partial charge on any atom is -0.495 e. The molecule has 0 spiro atoms. The van der Waals surface area contributed by atoms with Crippen molar-refractivity contribution in [1.82, 2.24) is 9.80 Å². The van der Waals surface area contributed by atoms with Gasteiger partial charge in [0.1, 0.15) is 22.9 Å². The summed E-state index contributed by atoms with van der Waals surface area (Å²) in [5, 5.41) is 0. The van der Waals surface area contributed by atoms with Crippen LogP contribution < -0.4 is 13.8 Å². The quantitative estimate of drug-likeness (QED) is 0.555. The molecule has 0 radical (unpaired) electrons. The number of carbonyl (C=O) groups is 1. The van der Waals surface area contributed by atoms with E-state index in [4.69, 9.17) is 9.47 Å². The van der Waals surface area contributed by atoms with Crippen LogP contribution in [0.25, 0.3) is 0 Å². The number of anilines is 1.